The van der Waals surface area contributed by atoms with Crippen LogP contribution in [0.2, 0.25) is 0 Å². The van der Waals surface area contributed by atoms with Gasteiger partial charge in [-0.15, -0.1) is 5.10 Å². The van der Waals surface area contributed by atoms with Crippen molar-refractivity contribution in [2.75, 3.05) is 26.4 Å². The number of carbonyl (C=O) groups excluding carboxylic acids is 1. The molecule has 0 radical (unpaired) electrons. The van der Waals surface area contributed by atoms with E-state index in [9.17, 15) is 4.79 Å². The van der Waals surface area contributed by atoms with E-state index in [1.807, 2.05) is 15.8 Å². The van der Waals surface area contributed by atoms with Crippen LogP contribution in [-0.4, -0.2) is 69.2 Å². The molecule has 0 N–H and O–H groups in total. The van der Waals surface area contributed by atoms with E-state index >= 15 is 0 Å². The summed E-state index contributed by atoms with van der Waals surface area (Å²) in [5.74, 6) is 1.15. The highest BCUT2D eigenvalue weighted by molar-refractivity contribution is 7.97. The van der Waals surface area contributed by atoms with Crippen molar-refractivity contribution in [1.29, 1.82) is 0 Å². The fraction of sp³-hybridized carbons (Fsp3) is 0.800. The summed E-state index contributed by atoms with van der Waals surface area (Å²) in [7, 11) is 2.12. The van der Waals surface area contributed by atoms with Crippen LogP contribution in [0.1, 0.15) is 32.4 Å². The number of hydrogen-bond donors (Lipinski definition) is 0. The number of piperazine rings is 1. The molecule has 0 aliphatic carbocycles. The lowest BCUT2D eigenvalue weighted by Crippen LogP contribution is -2.56. The quantitative estimate of drug-likeness (QED) is 0.793. The number of nitrogens with zero attached hydrogens (tertiary/aromatic N) is 5. The third-order valence-electron chi connectivity index (χ3n) is 4.27. The van der Waals surface area contributed by atoms with Crippen LogP contribution in [0.3, 0.4) is 0 Å². The Morgan fingerprint density at radius 3 is 2.86 bits per heavy atom. The van der Waals surface area contributed by atoms with Gasteiger partial charge >= 0.3 is 0 Å². The van der Waals surface area contributed by atoms with E-state index < -0.39 is 0 Å². The molecule has 0 bridgehead atoms. The van der Waals surface area contributed by atoms with Gasteiger partial charge in [-0.05, 0) is 33.6 Å². The van der Waals surface area contributed by atoms with Gasteiger partial charge in [0.15, 0.2) is 0 Å². The molecule has 0 aromatic carbocycles. The molecule has 1 aliphatic heterocycles. The largest absolute Gasteiger partial charge is 0.337 e. The summed E-state index contributed by atoms with van der Waals surface area (Å²) >= 11 is 1.74. The molecular formula is C15H27N5OS. The Morgan fingerprint density at radius 1 is 1.36 bits per heavy atom. The summed E-state index contributed by atoms with van der Waals surface area (Å²) in [6.45, 7) is 6.84. The van der Waals surface area contributed by atoms with Crippen LogP contribution in [0, 0.1) is 0 Å². The number of likely N-dealkylation sites (N-methyl/N-ethyl adjacent to an activating group) is 1. The standard InChI is InChI=1S/C15H27N5OS/c1-12-9-20(13(2)8-18(12)3)15(21)6-5-7-19-10-14(11-22-4)16-17-19/h10,12-13H,5-9,11H2,1-4H3. The molecule has 2 heterocycles. The highest BCUT2D eigenvalue weighted by Gasteiger charge is 2.29. The summed E-state index contributed by atoms with van der Waals surface area (Å²) in [4.78, 5) is 16.8. The predicted molar refractivity (Wildman–Crippen MR) is 89.7 cm³/mol. The Kier molecular flexibility index (Phi) is 6.26. The highest BCUT2D eigenvalue weighted by Crippen LogP contribution is 2.15. The fourth-order valence-electron chi connectivity index (χ4n) is 2.84. The van der Waals surface area contributed by atoms with Crippen molar-refractivity contribution in [1.82, 2.24) is 24.8 Å². The summed E-state index contributed by atoms with van der Waals surface area (Å²) in [5.41, 5.74) is 1.00. The van der Waals surface area contributed by atoms with Gasteiger partial charge in [0.1, 0.15) is 0 Å². The number of hydrogen-bond acceptors (Lipinski definition) is 5. The third-order valence-corrected chi connectivity index (χ3v) is 4.86. The molecule has 2 rings (SSSR count). The molecule has 1 fully saturated rings. The number of aromatic nitrogens is 3. The second-order valence-electron chi connectivity index (χ2n) is 6.19. The van der Waals surface area contributed by atoms with Crippen molar-refractivity contribution in [3.8, 4) is 0 Å². The Labute approximate surface area is 137 Å². The Bertz CT molecular complexity index is 492. The van der Waals surface area contributed by atoms with Crippen molar-refractivity contribution in [3.63, 3.8) is 0 Å². The zero-order chi connectivity index (χ0) is 16.1. The second kappa shape index (κ2) is 7.97. The number of amides is 1. The smallest absolute Gasteiger partial charge is 0.222 e. The highest BCUT2D eigenvalue weighted by atomic mass is 32.2. The van der Waals surface area contributed by atoms with E-state index in [0.29, 0.717) is 18.5 Å². The normalized spacial score (nSPS) is 23.0. The van der Waals surface area contributed by atoms with Gasteiger partial charge in [-0.25, -0.2) is 0 Å². The number of carbonyl (C=O) groups is 1. The molecule has 1 aliphatic rings. The van der Waals surface area contributed by atoms with Crippen molar-refractivity contribution >= 4 is 17.7 Å². The number of thioether (sulfide) groups is 1. The molecule has 7 heteroatoms. The van der Waals surface area contributed by atoms with Gasteiger partial charge in [0, 0.05) is 50.1 Å². The predicted octanol–water partition coefficient (Wildman–Crippen LogP) is 1.47. The molecule has 1 saturated heterocycles. The maximum absolute atomic E-state index is 12.4. The monoisotopic (exact) mass is 325 g/mol. The van der Waals surface area contributed by atoms with Crippen molar-refractivity contribution in [2.24, 2.45) is 0 Å². The van der Waals surface area contributed by atoms with Crippen LogP contribution in [0.5, 0.6) is 0 Å². The maximum atomic E-state index is 12.4. The van der Waals surface area contributed by atoms with E-state index in [2.05, 4.69) is 42.4 Å². The van der Waals surface area contributed by atoms with E-state index in [0.717, 1.165) is 37.5 Å². The zero-order valence-corrected chi connectivity index (χ0v) is 14.8. The molecule has 124 valence electrons. The average molecular weight is 325 g/mol. The van der Waals surface area contributed by atoms with Gasteiger partial charge in [0.25, 0.3) is 0 Å². The van der Waals surface area contributed by atoms with E-state index in [-0.39, 0.29) is 5.91 Å². The minimum atomic E-state index is 0.261. The van der Waals surface area contributed by atoms with Crippen LogP contribution in [0.15, 0.2) is 6.20 Å². The first-order valence-electron chi connectivity index (χ1n) is 7.89. The summed E-state index contributed by atoms with van der Waals surface area (Å²) in [6, 6.07) is 0.734. The van der Waals surface area contributed by atoms with Crippen LogP contribution >= 0.6 is 11.8 Å². The molecule has 6 nitrogen and oxygen atoms in total. The lowest BCUT2D eigenvalue weighted by atomic mass is 10.1. The van der Waals surface area contributed by atoms with Gasteiger partial charge in [0.05, 0.1) is 5.69 Å². The Balaban J connectivity index is 1.77. The van der Waals surface area contributed by atoms with Gasteiger partial charge in [-0.2, -0.15) is 11.8 Å². The topological polar surface area (TPSA) is 54.3 Å². The molecule has 2 unspecified atom stereocenters. The van der Waals surface area contributed by atoms with Gasteiger partial charge in [0.2, 0.25) is 5.91 Å². The fourth-order valence-corrected chi connectivity index (χ4v) is 3.27. The Hall–Kier alpha value is -1.08. The number of aryl methyl sites for hydroxylation is 1. The van der Waals surface area contributed by atoms with Gasteiger partial charge < -0.3 is 4.90 Å². The minimum Gasteiger partial charge on any atom is -0.337 e. The third kappa shape index (κ3) is 4.46. The van der Waals surface area contributed by atoms with E-state index in [1.165, 1.54) is 0 Å². The zero-order valence-electron chi connectivity index (χ0n) is 14.0. The molecule has 2 atom stereocenters. The first-order valence-corrected chi connectivity index (χ1v) is 9.28. The summed E-state index contributed by atoms with van der Waals surface area (Å²) in [5, 5.41) is 8.22. The molecule has 0 spiro atoms. The Morgan fingerprint density at radius 2 is 2.14 bits per heavy atom. The molecular weight excluding hydrogens is 298 g/mol. The van der Waals surface area contributed by atoms with Crippen molar-refractivity contribution in [2.45, 2.75) is 51.1 Å². The van der Waals surface area contributed by atoms with E-state index in [1.54, 1.807) is 11.8 Å². The molecule has 1 amide bonds. The summed E-state index contributed by atoms with van der Waals surface area (Å²) in [6.07, 6.45) is 5.42. The first-order chi connectivity index (χ1) is 10.5. The van der Waals surface area contributed by atoms with Crippen LogP contribution in [-0.2, 0) is 17.1 Å². The lowest BCUT2D eigenvalue weighted by molar-refractivity contribution is -0.136. The lowest BCUT2D eigenvalue weighted by Gasteiger charge is -2.42. The molecule has 1 aromatic rings. The SMILES string of the molecule is CSCc1cn(CCCC(=O)N2CC(C)N(C)CC2C)nn1. The average Bonchev–Trinajstić information content (AvgIpc) is 2.91. The molecule has 0 saturated carbocycles. The van der Waals surface area contributed by atoms with Crippen LogP contribution in [0.25, 0.3) is 0 Å². The minimum absolute atomic E-state index is 0.261. The maximum Gasteiger partial charge on any atom is 0.222 e. The van der Waals surface area contributed by atoms with Crippen LogP contribution < -0.4 is 0 Å². The molecule has 22 heavy (non-hydrogen) atoms. The first kappa shape index (κ1) is 17.3. The van der Waals surface area contributed by atoms with Gasteiger partial charge in [-0.1, -0.05) is 5.21 Å². The van der Waals surface area contributed by atoms with Crippen LogP contribution in [0.4, 0.5) is 0 Å². The second-order valence-corrected chi connectivity index (χ2v) is 7.06. The van der Waals surface area contributed by atoms with Crippen molar-refractivity contribution in [3.05, 3.63) is 11.9 Å². The summed E-state index contributed by atoms with van der Waals surface area (Å²) < 4.78 is 1.84. The van der Waals surface area contributed by atoms with Crippen molar-refractivity contribution < 1.29 is 4.79 Å². The molecule has 1 aromatic heterocycles. The van der Waals surface area contributed by atoms with Gasteiger partial charge in [-0.3, -0.25) is 14.4 Å². The van der Waals surface area contributed by atoms with E-state index in [4.69, 9.17) is 0 Å². The number of rotatable bonds is 6.